The molecule has 0 atom stereocenters. The number of thiophene rings is 1. The summed E-state index contributed by atoms with van der Waals surface area (Å²) in [7, 11) is 3.25. The molecule has 194 valence electrons. The Morgan fingerprint density at radius 2 is 1.14 bits per heavy atom. The summed E-state index contributed by atoms with van der Waals surface area (Å²) in [6.45, 7) is 12.3. The molecule has 3 aromatic rings. The van der Waals surface area contributed by atoms with E-state index >= 15 is 0 Å². The SMILES string of the molecule is COc1ccc(O)c(C(C)(C)C)c1.COc1ccc(O)c(C(C)(C)C)c1.Cl.Cl.[Ti]=[CH]c1cccs1. The van der Waals surface area contributed by atoms with Crippen LogP contribution in [0.5, 0.6) is 23.0 Å². The molecule has 0 radical (unpaired) electrons. The molecular formula is C27H38Cl2O4STi. The van der Waals surface area contributed by atoms with Crippen LogP contribution >= 0.6 is 36.2 Å². The second-order valence-electron chi connectivity index (χ2n) is 9.43. The summed E-state index contributed by atoms with van der Waals surface area (Å²) >= 11 is 3.81. The van der Waals surface area contributed by atoms with E-state index < -0.39 is 0 Å². The van der Waals surface area contributed by atoms with Gasteiger partial charge >= 0.3 is 58.0 Å². The van der Waals surface area contributed by atoms with Gasteiger partial charge in [0.2, 0.25) is 0 Å². The molecule has 0 aliphatic heterocycles. The van der Waals surface area contributed by atoms with E-state index in [4.69, 9.17) is 9.47 Å². The van der Waals surface area contributed by atoms with Gasteiger partial charge in [0.05, 0.1) is 14.2 Å². The fourth-order valence-electron chi connectivity index (χ4n) is 2.86. The molecule has 4 nitrogen and oxygen atoms in total. The molecule has 35 heavy (non-hydrogen) atoms. The van der Waals surface area contributed by atoms with Gasteiger partial charge in [0.15, 0.2) is 0 Å². The zero-order valence-electron chi connectivity index (χ0n) is 21.7. The molecule has 0 saturated heterocycles. The number of hydrogen-bond donors (Lipinski definition) is 2. The molecule has 0 unspecified atom stereocenters. The molecular weight excluding hydrogens is 539 g/mol. The van der Waals surface area contributed by atoms with Crippen LogP contribution in [0.1, 0.15) is 57.5 Å². The molecule has 1 heterocycles. The van der Waals surface area contributed by atoms with E-state index in [0.29, 0.717) is 11.5 Å². The van der Waals surface area contributed by atoms with Crippen molar-refractivity contribution in [1.29, 1.82) is 0 Å². The maximum absolute atomic E-state index is 9.61. The minimum absolute atomic E-state index is 0. The Bertz CT molecular complexity index is 948. The Morgan fingerprint density at radius 1 is 0.743 bits per heavy atom. The normalized spacial score (nSPS) is 10.1. The van der Waals surface area contributed by atoms with Gasteiger partial charge in [0.25, 0.3) is 0 Å². The summed E-state index contributed by atoms with van der Waals surface area (Å²) in [6.07, 6.45) is 0. The Hall–Kier alpha value is -1.50. The van der Waals surface area contributed by atoms with Crippen LogP contribution in [-0.2, 0) is 30.8 Å². The van der Waals surface area contributed by atoms with Gasteiger partial charge in [-0.05, 0) is 47.2 Å². The van der Waals surface area contributed by atoms with Crippen LogP contribution in [0, 0.1) is 0 Å². The van der Waals surface area contributed by atoms with E-state index in [1.54, 1.807) is 49.8 Å². The third kappa shape index (κ3) is 12.3. The number of phenols is 2. The standard InChI is InChI=1S/2C11H16O2.C5H4S.2ClH.Ti/c2*1-11(2,3)9-7-8(13-4)5-6-10(9)12;1-5-3-2-4-6-5;;;/h2*5-7,12H,1-4H3;1-4H;2*1H;. The van der Waals surface area contributed by atoms with Crippen LogP contribution in [0.25, 0.3) is 0 Å². The Labute approximate surface area is 238 Å². The van der Waals surface area contributed by atoms with Crippen LogP contribution in [0.15, 0.2) is 53.9 Å². The number of hydrogen-bond acceptors (Lipinski definition) is 5. The zero-order chi connectivity index (χ0) is 25.2. The molecule has 0 fully saturated rings. The van der Waals surface area contributed by atoms with Gasteiger partial charge in [-0.3, -0.25) is 0 Å². The van der Waals surface area contributed by atoms with Crippen LogP contribution in [0.3, 0.4) is 0 Å². The van der Waals surface area contributed by atoms with Crippen molar-refractivity contribution in [2.45, 2.75) is 52.4 Å². The van der Waals surface area contributed by atoms with Crippen molar-refractivity contribution in [2.75, 3.05) is 14.2 Å². The number of benzene rings is 2. The van der Waals surface area contributed by atoms with Gasteiger partial charge < -0.3 is 19.7 Å². The van der Waals surface area contributed by atoms with Crippen molar-refractivity contribution in [3.63, 3.8) is 0 Å². The summed E-state index contributed by atoms with van der Waals surface area (Å²) in [5.41, 5.74) is 1.70. The minimum atomic E-state index is -0.0569. The fourth-order valence-corrected chi connectivity index (χ4v) is 3.87. The first-order valence-corrected chi connectivity index (χ1v) is 12.4. The van der Waals surface area contributed by atoms with Crippen LogP contribution in [-0.4, -0.2) is 28.7 Å². The summed E-state index contributed by atoms with van der Waals surface area (Å²) in [6, 6.07) is 14.7. The van der Waals surface area contributed by atoms with E-state index in [-0.39, 0.29) is 35.6 Å². The number of phenolic OH excluding ortho intramolecular Hbond substituents is 2. The average Bonchev–Trinajstić information content (AvgIpc) is 3.28. The Kier molecular flexibility index (Phi) is 16.6. The van der Waals surface area contributed by atoms with E-state index in [2.05, 4.69) is 63.4 Å². The first-order valence-electron chi connectivity index (χ1n) is 10.6. The quantitative estimate of drug-likeness (QED) is 0.314. The van der Waals surface area contributed by atoms with Gasteiger partial charge in [0, 0.05) is 11.1 Å². The van der Waals surface area contributed by atoms with Gasteiger partial charge in [-0.1, -0.05) is 41.5 Å². The molecule has 1 aromatic heterocycles. The average molecular weight is 577 g/mol. The molecule has 0 aliphatic carbocycles. The zero-order valence-corrected chi connectivity index (χ0v) is 25.7. The molecule has 0 amide bonds. The molecule has 0 saturated carbocycles. The second kappa shape index (κ2) is 16.3. The van der Waals surface area contributed by atoms with E-state index in [0.717, 1.165) is 22.6 Å². The van der Waals surface area contributed by atoms with Crippen molar-refractivity contribution in [3.05, 3.63) is 69.9 Å². The predicted octanol–water partition coefficient (Wildman–Crippen LogP) is 7.69. The first-order chi connectivity index (χ1) is 15.3. The van der Waals surface area contributed by atoms with Gasteiger partial charge in [-0.2, -0.15) is 0 Å². The number of halogens is 2. The number of ether oxygens (including phenoxy) is 2. The monoisotopic (exact) mass is 576 g/mol. The summed E-state index contributed by atoms with van der Waals surface area (Å²) in [5, 5.41) is 21.3. The fraction of sp³-hybridized carbons (Fsp3) is 0.370. The summed E-state index contributed by atoms with van der Waals surface area (Å²) in [4.78, 5) is 1.35. The van der Waals surface area contributed by atoms with Crippen LogP contribution in [0.2, 0.25) is 0 Å². The topological polar surface area (TPSA) is 58.9 Å². The Morgan fingerprint density at radius 3 is 1.37 bits per heavy atom. The second-order valence-corrected chi connectivity index (χ2v) is 10.9. The number of rotatable bonds is 3. The van der Waals surface area contributed by atoms with E-state index in [9.17, 15) is 10.2 Å². The molecule has 0 aliphatic rings. The van der Waals surface area contributed by atoms with Crippen molar-refractivity contribution < 1.29 is 39.7 Å². The summed E-state index contributed by atoms with van der Waals surface area (Å²) in [5.74, 6) is 2.21. The molecule has 3 rings (SSSR count). The molecule has 2 aromatic carbocycles. The molecule has 8 heteroatoms. The molecule has 0 spiro atoms. The first kappa shape index (κ1) is 35.7. The number of aromatic hydroxyl groups is 2. The predicted molar refractivity (Wildman–Crippen MR) is 151 cm³/mol. The van der Waals surface area contributed by atoms with Crippen molar-refractivity contribution in [2.24, 2.45) is 0 Å². The maximum atomic E-state index is 9.61. The molecule has 2 N–H and O–H groups in total. The van der Waals surface area contributed by atoms with Crippen molar-refractivity contribution in [1.82, 2.24) is 0 Å². The van der Waals surface area contributed by atoms with Gasteiger partial charge in [-0.15, -0.1) is 24.8 Å². The molecule has 0 bridgehead atoms. The summed E-state index contributed by atoms with van der Waals surface area (Å²) < 4.78 is 12.3. The third-order valence-electron chi connectivity index (χ3n) is 4.71. The van der Waals surface area contributed by atoms with E-state index in [1.165, 1.54) is 4.88 Å². The number of methoxy groups -OCH3 is 2. The van der Waals surface area contributed by atoms with Crippen LogP contribution < -0.4 is 9.47 Å². The third-order valence-corrected chi connectivity index (χ3v) is 6.34. The van der Waals surface area contributed by atoms with Crippen molar-refractivity contribution in [3.8, 4) is 23.0 Å². The van der Waals surface area contributed by atoms with Gasteiger partial charge in [-0.25, -0.2) is 0 Å². The van der Waals surface area contributed by atoms with E-state index in [1.807, 2.05) is 32.1 Å². The van der Waals surface area contributed by atoms with Crippen LogP contribution in [0.4, 0.5) is 0 Å². The van der Waals surface area contributed by atoms with Crippen molar-refractivity contribution >= 4 is 40.5 Å². The van der Waals surface area contributed by atoms with Gasteiger partial charge in [0.1, 0.15) is 23.0 Å². The Balaban J connectivity index is 0.